The number of amides is 1. The van der Waals surface area contributed by atoms with Gasteiger partial charge >= 0.3 is 0 Å². The number of carbonyl (C=O) groups is 1. The van der Waals surface area contributed by atoms with Crippen LogP contribution in [0.25, 0.3) is 0 Å². The third-order valence-electron chi connectivity index (χ3n) is 5.23. The minimum atomic E-state index is -0.235. The van der Waals surface area contributed by atoms with E-state index in [1.165, 1.54) is 6.07 Å². The fourth-order valence-corrected chi connectivity index (χ4v) is 3.82. The van der Waals surface area contributed by atoms with E-state index in [2.05, 4.69) is 15.0 Å². The van der Waals surface area contributed by atoms with Gasteiger partial charge in [-0.3, -0.25) is 9.69 Å². The van der Waals surface area contributed by atoms with E-state index in [4.69, 9.17) is 9.26 Å². The highest BCUT2D eigenvalue weighted by Gasteiger charge is 2.38. The Kier molecular flexibility index (Phi) is 5.18. The van der Waals surface area contributed by atoms with Gasteiger partial charge in [0.15, 0.2) is 5.82 Å². The van der Waals surface area contributed by atoms with E-state index in [0.29, 0.717) is 30.4 Å². The number of rotatable bonds is 5. The Morgan fingerprint density at radius 2 is 2.19 bits per heavy atom. The average molecular weight is 374 g/mol. The molecule has 144 valence electrons. The molecule has 27 heavy (non-hydrogen) atoms. The summed E-state index contributed by atoms with van der Waals surface area (Å²) in [6.07, 6.45) is 1.04. The molecule has 0 radical (unpaired) electrons. The molecular weight excluding hydrogens is 351 g/mol. The number of hydrogen-bond acceptors (Lipinski definition) is 6. The van der Waals surface area contributed by atoms with Crippen LogP contribution >= 0.6 is 0 Å². The van der Waals surface area contributed by atoms with Crippen LogP contribution in [0, 0.1) is 12.7 Å². The number of aromatic nitrogens is 2. The quantitative estimate of drug-likeness (QED) is 0.791. The van der Waals surface area contributed by atoms with Gasteiger partial charge in [-0.05, 0) is 19.4 Å². The summed E-state index contributed by atoms with van der Waals surface area (Å²) >= 11 is 0. The SMILES string of the molecule is Cc1noc(CC(=O)N2CCN3C[C@@H](OCc4ccccc4F)C[C@H]3C2)n1. The molecular formula is C19H23FN4O3. The van der Waals surface area contributed by atoms with Crippen LogP contribution in [0.1, 0.15) is 23.7 Å². The molecule has 4 rings (SSSR count). The fraction of sp³-hybridized carbons (Fsp3) is 0.526. The van der Waals surface area contributed by atoms with Gasteiger partial charge in [-0.2, -0.15) is 4.98 Å². The molecule has 0 bridgehead atoms. The number of halogens is 1. The maximum Gasteiger partial charge on any atom is 0.236 e. The molecule has 2 fully saturated rings. The minimum absolute atomic E-state index is 0.00836. The average Bonchev–Trinajstić information content (AvgIpc) is 3.25. The third kappa shape index (κ3) is 4.17. The van der Waals surface area contributed by atoms with E-state index < -0.39 is 0 Å². The number of benzene rings is 1. The second-order valence-electron chi connectivity index (χ2n) is 7.16. The number of piperazine rings is 1. The van der Waals surface area contributed by atoms with Crippen molar-refractivity contribution in [2.24, 2.45) is 0 Å². The van der Waals surface area contributed by atoms with Gasteiger partial charge < -0.3 is 14.2 Å². The maximum atomic E-state index is 13.7. The van der Waals surface area contributed by atoms with Crippen LogP contribution in [0.2, 0.25) is 0 Å². The van der Waals surface area contributed by atoms with Gasteiger partial charge in [0.25, 0.3) is 0 Å². The highest BCUT2D eigenvalue weighted by Crippen LogP contribution is 2.25. The lowest BCUT2D eigenvalue weighted by Crippen LogP contribution is -2.52. The zero-order chi connectivity index (χ0) is 18.8. The molecule has 1 amide bonds. The molecule has 2 aliphatic heterocycles. The number of ether oxygens (including phenoxy) is 1. The molecule has 0 saturated carbocycles. The Balaban J connectivity index is 1.29. The lowest BCUT2D eigenvalue weighted by molar-refractivity contribution is -0.133. The maximum absolute atomic E-state index is 13.7. The van der Waals surface area contributed by atoms with Crippen molar-refractivity contribution in [1.29, 1.82) is 0 Å². The van der Waals surface area contributed by atoms with Crippen LogP contribution in [0.5, 0.6) is 0 Å². The number of carbonyl (C=O) groups excluding carboxylic acids is 1. The van der Waals surface area contributed by atoms with Crippen molar-refractivity contribution in [1.82, 2.24) is 19.9 Å². The summed E-state index contributed by atoms with van der Waals surface area (Å²) < 4.78 is 24.7. The first-order valence-electron chi connectivity index (χ1n) is 9.24. The summed E-state index contributed by atoms with van der Waals surface area (Å²) in [7, 11) is 0. The lowest BCUT2D eigenvalue weighted by Gasteiger charge is -2.37. The van der Waals surface area contributed by atoms with Crippen molar-refractivity contribution in [3.05, 3.63) is 47.4 Å². The van der Waals surface area contributed by atoms with E-state index >= 15 is 0 Å². The molecule has 1 aromatic carbocycles. The van der Waals surface area contributed by atoms with Crippen molar-refractivity contribution in [3.8, 4) is 0 Å². The first kappa shape index (κ1) is 18.1. The van der Waals surface area contributed by atoms with Crippen LogP contribution in [0.3, 0.4) is 0 Å². The monoisotopic (exact) mass is 374 g/mol. The van der Waals surface area contributed by atoms with Gasteiger partial charge in [0.1, 0.15) is 12.2 Å². The molecule has 7 nitrogen and oxygen atoms in total. The molecule has 0 spiro atoms. The fourth-order valence-electron chi connectivity index (χ4n) is 3.82. The largest absolute Gasteiger partial charge is 0.372 e. The van der Waals surface area contributed by atoms with Crippen LogP contribution in [-0.4, -0.2) is 64.2 Å². The van der Waals surface area contributed by atoms with Gasteiger partial charge in [-0.1, -0.05) is 23.4 Å². The topological polar surface area (TPSA) is 71.7 Å². The molecule has 2 aromatic rings. The third-order valence-corrected chi connectivity index (χ3v) is 5.23. The van der Waals surface area contributed by atoms with Gasteiger partial charge in [-0.25, -0.2) is 4.39 Å². The predicted octanol–water partition coefficient (Wildman–Crippen LogP) is 1.56. The number of aryl methyl sites for hydroxylation is 1. The van der Waals surface area contributed by atoms with Crippen LogP contribution in [0.15, 0.2) is 28.8 Å². The van der Waals surface area contributed by atoms with Crippen molar-refractivity contribution in [3.63, 3.8) is 0 Å². The molecule has 0 unspecified atom stereocenters. The Morgan fingerprint density at radius 1 is 1.33 bits per heavy atom. The first-order valence-corrected chi connectivity index (χ1v) is 9.24. The molecule has 2 saturated heterocycles. The van der Waals surface area contributed by atoms with Gasteiger partial charge in [-0.15, -0.1) is 0 Å². The summed E-state index contributed by atoms with van der Waals surface area (Å²) in [6.45, 7) is 5.00. The van der Waals surface area contributed by atoms with Crippen LogP contribution in [-0.2, 0) is 22.6 Å². The summed E-state index contributed by atoms with van der Waals surface area (Å²) in [6, 6.07) is 6.96. The normalized spacial score (nSPS) is 22.8. The number of fused-ring (bicyclic) bond motifs is 1. The Labute approximate surface area is 157 Å². The Bertz CT molecular complexity index is 812. The highest BCUT2D eigenvalue weighted by atomic mass is 19.1. The van der Waals surface area contributed by atoms with Gasteiger partial charge in [0.2, 0.25) is 11.8 Å². The summed E-state index contributed by atoms with van der Waals surface area (Å²) in [4.78, 5) is 20.8. The lowest BCUT2D eigenvalue weighted by atomic mass is 10.1. The number of hydrogen-bond donors (Lipinski definition) is 0. The highest BCUT2D eigenvalue weighted by molar-refractivity contribution is 5.78. The van der Waals surface area contributed by atoms with Crippen LogP contribution in [0.4, 0.5) is 4.39 Å². The molecule has 8 heteroatoms. The van der Waals surface area contributed by atoms with Crippen molar-refractivity contribution < 1.29 is 18.4 Å². The molecule has 0 aliphatic carbocycles. The standard InChI is InChI=1S/C19H23FN4O3/c1-13-21-18(27-22-13)9-19(25)24-7-6-23-11-16(8-15(23)10-24)26-12-14-4-2-3-5-17(14)20/h2-5,15-16H,6-12H2,1H3/t15-,16-/m0/s1. The van der Waals surface area contributed by atoms with Gasteiger partial charge in [0, 0.05) is 37.8 Å². The Morgan fingerprint density at radius 3 is 2.96 bits per heavy atom. The van der Waals surface area contributed by atoms with Gasteiger partial charge in [0.05, 0.1) is 12.7 Å². The molecule has 0 N–H and O–H groups in total. The van der Waals surface area contributed by atoms with E-state index in [9.17, 15) is 9.18 Å². The van der Waals surface area contributed by atoms with Crippen molar-refractivity contribution in [2.45, 2.75) is 38.5 Å². The predicted molar refractivity (Wildman–Crippen MR) is 94.3 cm³/mol. The minimum Gasteiger partial charge on any atom is -0.372 e. The smallest absolute Gasteiger partial charge is 0.236 e. The summed E-state index contributed by atoms with van der Waals surface area (Å²) in [5.74, 6) is 0.668. The number of nitrogens with zero attached hydrogens (tertiary/aromatic N) is 4. The van der Waals surface area contributed by atoms with Crippen molar-refractivity contribution >= 4 is 5.91 Å². The van der Waals surface area contributed by atoms with E-state index in [1.54, 1.807) is 19.1 Å². The van der Waals surface area contributed by atoms with E-state index in [0.717, 1.165) is 19.5 Å². The zero-order valence-electron chi connectivity index (χ0n) is 15.3. The molecule has 3 heterocycles. The first-order chi connectivity index (χ1) is 13.1. The van der Waals surface area contributed by atoms with E-state index in [-0.39, 0.29) is 36.9 Å². The summed E-state index contributed by atoms with van der Waals surface area (Å²) in [5, 5.41) is 3.72. The zero-order valence-corrected chi connectivity index (χ0v) is 15.3. The van der Waals surface area contributed by atoms with Crippen molar-refractivity contribution in [2.75, 3.05) is 26.2 Å². The van der Waals surface area contributed by atoms with Crippen LogP contribution < -0.4 is 0 Å². The summed E-state index contributed by atoms with van der Waals surface area (Å²) in [5.41, 5.74) is 0.578. The molecule has 2 aliphatic rings. The van der Waals surface area contributed by atoms with E-state index in [1.807, 2.05) is 11.0 Å². The molecule has 2 atom stereocenters. The second-order valence-corrected chi connectivity index (χ2v) is 7.16. The second kappa shape index (κ2) is 7.74. The molecule has 1 aromatic heterocycles. The Hall–Kier alpha value is -2.32.